The highest BCUT2D eigenvalue weighted by molar-refractivity contribution is 5.77. The number of nitrogens with one attached hydrogen (secondary N) is 1. The van der Waals surface area contributed by atoms with Gasteiger partial charge in [-0.1, -0.05) is 30.9 Å². The van der Waals surface area contributed by atoms with E-state index in [1.54, 1.807) is 24.1 Å². The van der Waals surface area contributed by atoms with Crippen LogP contribution < -0.4 is 10.1 Å². The van der Waals surface area contributed by atoms with Gasteiger partial charge in [-0.15, -0.1) is 6.58 Å². The molecule has 0 aliphatic rings. The molecule has 1 aromatic rings. The molecule has 0 spiro atoms. The van der Waals surface area contributed by atoms with E-state index < -0.39 is 0 Å². The summed E-state index contributed by atoms with van der Waals surface area (Å²) in [5, 5.41) is 3.00. The Labute approximate surface area is 120 Å². The lowest BCUT2D eigenvalue weighted by molar-refractivity contribution is -0.129. The predicted molar refractivity (Wildman–Crippen MR) is 81.7 cm³/mol. The molecule has 108 valence electrons. The molecule has 4 heteroatoms. The molecule has 1 aromatic carbocycles. The Balaban J connectivity index is 2.44. The maximum Gasteiger partial charge on any atom is 0.236 e. The first-order chi connectivity index (χ1) is 9.67. The summed E-state index contributed by atoms with van der Waals surface area (Å²) in [5.74, 6) is 0.856. The molecule has 1 rings (SSSR count). The third kappa shape index (κ3) is 5.71. The predicted octanol–water partition coefficient (Wildman–Crippen LogP) is 1.99. The van der Waals surface area contributed by atoms with E-state index in [-0.39, 0.29) is 5.91 Å². The van der Waals surface area contributed by atoms with E-state index in [1.807, 2.05) is 24.3 Å². The summed E-state index contributed by atoms with van der Waals surface area (Å²) in [6.07, 6.45) is 3.44. The summed E-state index contributed by atoms with van der Waals surface area (Å²) in [4.78, 5) is 13.5. The van der Waals surface area contributed by atoms with E-state index in [9.17, 15) is 4.79 Å². The molecule has 0 aliphatic carbocycles. The van der Waals surface area contributed by atoms with Gasteiger partial charge in [0.05, 0.1) is 6.54 Å². The number of nitrogens with zero attached hydrogens (tertiary/aromatic N) is 1. The van der Waals surface area contributed by atoms with Crippen molar-refractivity contribution >= 4 is 5.91 Å². The lowest BCUT2D eigenvalue weighted by Crippen LogP contribution is -2.35. The minimum Gasteiger partial charge on any atom is -0.490 e. The summed E-state index contributed by atoms with van der Waals surface area (Å²) in [6.45, 7) is 9.22. The van der Waals surface area contributed by atoms with Gasteiger partial charge in [-0.05, 0) is 17.7 Å². The van der Waals surface area contributed by atoms with Gasteiger partial charge in [0.1, 0.15) is 12.4 Å². The van der Waals surface area contributed by atoms with Crippen LogP contribution >= 0.6 is 0 Å². The van der Waals surface area contributed by atoms with Crippen molar-refractivity contribution in [1.82, 2.24) is 10.2 Å². The molecular formula is C16H22N2O2. The van der Waals surface area contributed by atoms with E-state index in [1.165, 1.54) is 0 Å². The SMILES string of the molecule is C=CCNCC(=O)N(C)Cc1ccc(OCC=C)cc1. The molecule has 4 nitrogen and oxygen atoms in total. The highest BCUT2D eigenvalue weighted by atomic mass is 16.5. The molecule has 0 saturated carbocycles. The van der Waals surface area contributed by atoms with Gasteiger partial charge < -0.3 is 15.0 Å². The van der Waals surface area contributed by atoms with Crippen molar-refractivity contribution in [1.29, 1.82) is 0 Å². The van der Waals surface area contributed by atoms with Gasteiger partial charge >= 0.3 is 0 Å². The number of ether oxygens (including phenoxy) is 1. The van der Waals surface area contributed by atoms with Crippen LogP contribution in [0.2, 0.25) is 0 Å². The van der Waals surface area contributed by atoms with E-state index in [4.69, 9.17) is 4.74 Å². The second-order valence-electron chi connectivity index (χ2n) is 4.41. The Hall–Kier alpha value is -2.07. The first-order valence-electron chi connectivity index (χ1n) is 6.55. The van der Waals surface area contributed by atoms with Gasteiger partial charge in [0.2, 0.25) is 5.91 Å². The molecule has 0 bridgehead atoms. The van der Waals surface area contributed by atoms with Gasteiger partial charge in [0.25, 0.3) is 0 Å². The zero-order chi connectivity index (χ0) is 14.8. The summed E-state index contributed by atoms with van der Waals surface area (Å²) in [5.41, 5.74) is 1.07. The summed E-state index contributed by atoms with van der Waals surface area (Å²) in [7, 11) is 1.79. The maximum absolute atomic E-state index is 11.8. The summed E-state index contributed by atoms with van der Waals surface area (Å²) >= 11 is 0. The molecule has 0 atom stereocenters. The van der Waals surface area contributed by atoms with Crippen molar-refractivity contribution < 1.29 is 9.53 Å². The third-order valence-electron chi connectivity index (χ3n) is 2.70. The Bertz CT molecular complexity index is 440. The van der Waals surface area contributed by atoms with Crippen molar-refractivity contribution in [2.24, 2.45) is 0 Å². The highest BCUT2D eigenvalue weighted by Crippen LogP contribution is 2.13. The Kier molecular flexibility index (Phi) is 7.14. The average molecular weight is 274 g/mol. The molecule has 1 amide bonds. The number of hydrogen-bond acceptors (Lipinski definition) is 3. The van der Waals surface area contributed by atoms with Crippen LogP contribution in [0.15, 0.2) is 49.6 Å². The normalized spacial score (nSPS) is 9.85. The largest absolute Gasteiger partial charge is 0.490 e. The fourth-order valence-electron chi connectivity index (χ4n) is 1.62. The van der Waals surface area contributed by atoms with Crippen LogP contribution in [0.25, 0.3) is 0 Å². The molecule has 0 aliphatic heterocycles. The number of likely N-dealkylation sites (N-methyl/N-ethyl adjacent to an activating group) is 1. The minimum atomic E-state index is 0.0545. The van der Waals surface area contributed by atoms with Crippen LogP contribution in [-0.2, 0) is 11.3 Å². The minimum absolute atomic E-state index is 0.0545. The topological polar surface area (TPSA) is 41.6 Å². The molecule has 0 fully saturated rings. The van der Waals surface area contributed by atoms with Crippen molar-refractivity contribution in [3.8, 4) is 5.75 Å². The molecule has 0 unspecified atom stereocenters. The van der Waals surface area contributed by atoms with E-state index in [2.05, 4.69) is 18.5 Å². The quantitative estimate of drug-likeness (QED) is 0.553. The molecule has 0 saturated heterocycles. The van der Waals surface area contributed by atoms with E-state index >= 15 is 0 Å². The van der Waals surface area contributed by atoms with Crippen molar-refractivity contribution in [2.45, 2.75) is 6.54 Å². The number of carbonyl (C=O) groups is 1. The zero-order valence-electron chi connectivity index (χ0n) is 12.0. The van der Waals surface area contributed by atoms with Crippen molar-refractivity contribution in [3.05, 3.63) is 55.1 Å². The summed E-state index contributed by atoms with van der Waals surface area (Å²) < 4.78 is 5.41. The molecule has 0 aromatic heterocycles. The monoisotopic (exact) mass is 274 g/mol. The van der Waals surface area contributed by atoms with Gasteiger partial charge in [-0.2, -0.15) is 0 Å². The van der Waals surface area contributed by atoms with Crippen LogP contribution in [-0.4, -0.2) is 37.6 Å². The number of benzene rings is 1. The fraction of sp³-hybridized carbons (Fsp3) is 0.312. The van der Waals surface area contributed by atoms with Crippen molar-refractivity contribution in [2.75, 3.05) is 26.7 Å². The van der Waals surface area contributed by atoms with Gasteiger partial charge in [0.15, 0.2) is 0 Å². The van der Waals surface area contributed by atoms with Gasteiger partial charge in [0, 0.05) is 20.1 Å². The average Bonchev–Trinajstić information content (AvgIpc) is 2.46. The first kappa shape index (κ1) is 16.0. The Morgan fingerprint density at radius 1 is 1.30 bits per heavy atom. The molecular weight excluding hydrogens is 252 g/mol. The lowest BCUT2D eigenvalue weighted by Gasteiger charge is -2.17. The van der Waals surface area contributed by atoms with Crippen LogP contribution in [0, 0.1) is 0 Å². The van der Waals surface area contributed by atoms with Gasteiger partial charge in [-0.25, -0.2) is 0 Å². The van der Waals surface area contributed by atoms with Crippen LogP contribution in [0.1, 0.15) is 5.56 Å². The Morgan fingerprint density at radius 2 is 2.00 bits per heavy atom. The number of rotatable bonds is 9. The first-order valence-corrected chi connectivity index (χ1v) is 6.55. The Morgan fingerprint density at radius 3 is 2.60 bits per heavy atom. The van der Waals surface area contributed by atoms with Crippen LogP contribution in [0.5, 0.6) is 5.75 Å². The number of hydrogen-bond donors (Lipinski definition) is 1. The molecule has 0 heterocycles. The fourth-order valence-corrected chi connectivity index (χ4v) is 1.62. The number of carbonyl (C=O) groups excluding carboxylic acids is 1. The van der Waals surface area contributed by atoms with Crippen molar-refractivity contribution in [3.63, 3.8) is 0 Å². The van der Waals surface area contributed by atoms with Crippen LogP contribution in [0.4, 0.5) is 0 Å². The van der Waals surface area contributed by atoms with Gasteiger partial charge in [-0.3, -0.25) is 4.79 Å². The maximum atomic E-state index is 11.8. The lowest BCUT2D eigenvalue weighted by atomic mass is 10.2. The molecule has 0 radical (unpaired) electrons. The standard InChI is InChI=1S/C16H22N2O2/c1-4-10-17-12-16(19)18(3)13-14-6-8-15(9-7-14)20-11-5-2/h4-9,17H,1-2,10-13H2,3H3. The zero-order valence-corrected chi connectivity index (χ0v) is 12.0. The third-order valence-corrected chi connectivity index (χ3v) is 2.70. The second-order valence-corrected chi connectivity index (χ2v) is 4.41. The second kappa shape index (κ2) is 8.93. The highest BCUT2D eigenvalue weighted by Gasteiger charge is 2.08. The molecule has 1 N–H and O–H groups in total. The molecule has 20 heavy (non-hydrogen) atoms. The summed E-state index contributed by atoms with van der Waals surface area (Å²) in [6, 6.07) is 7.71. The number of amides is 1. The van der Waals surface area contributed by atoms with E-state index in [0.29, 0.717) is 26.2 Å². The van der Waals surface area contributed by atoms with E-state index in [0.717, 1.165) is 11.3 Å². The van der Waals surface area contributed by atoms with Crippen LogP contribution in [0.3, 0.4) is 0 Å². The smallest absolute Gasteiger partial charge is 0.236 e.